The van der Waals surface area contributed by atoms with E-state index in [9.17, 15) is 0 Å². The van der Waals surface area contributed by atoms with Crippen LogP contribution in [0.3, 0.4) is 0 Å². The van der Waals surface area contributed by atoms with Gasteiger partial charge >= 0.3 is 0 Å². The molecule has 7 rings (SSSR count). The number of pyridine rings is 3. The van der Waals surface area contributed by atoms with Crippen molar-refractivity contribution in [2.75, 3.05) is 0 Å². The highest BCUT2D eigenvalue weighted by Gasteiger charge is 2.18. The van der Waals surface area contributed by atoms with E-state index in [0.717, 1.165) is 78.9 Å². The first kappa shape index (κ1) is 19.1. The number of hydrogen-bond donors (Lipinski definition) is 3. The number of para-hydroxylation sites is 3. The van der Waals surface area contributed by atoms with E-state index in [1.807, 2.05) is 36.4 Å². The van der Waals surface area contributed by atoms with Crippen molar-refractivity contribution in [1.82, 2.24) is 15.0 Å². The zero-order valence-electron chi connectivity index (χ0n) is 17.2. The molecule has 0 amide bonds. The number of nitrogens with one attached hydrogen (secondary N) is 3. The molecule has 6 heteroatoms. The predicted octanol–water partition coefficient (Wildman–Crippen LogP) is 8.78. The predicted molar refractivity (Wildman–Crippen MR) is 147 cm³/mol. The number of rotatable bonds is 0. The summed E-state index contributed by atoms with van der Waals surface area (Å²) < 4.78 is 2.36. The average molecular weight is 478 g/mol. The van der Waals surface area contributed by atoms with E-state index < -0.39 is 0 Å². The SMILES string of the molecule is S=c1c2ccccc2[nH]c2c1c1[nH]c3ccccc3c(=S)c1c1[nH]c3ccccc3c(=S)c21. The molecular formula is C27H15N3S3. The van der Waals surface area contributed by atoms with Gasteiger partial charge in [0.2, 0.25) is 0 Å². The van der Waals surface area contributed by atoms with Crippen LogP contribution in [0.2, 0.25) is 0 Å². The number of benzene rings is 4. The van der Waals surface area contributed by atoms with Gasteiger partial charge in [-0.1, -0.05) is 91.3 Å². The van der Waals surface area contributed by atoms with Crippen LogP contribution in [-0.2, 0) is 0 Å². The van der Waals surface area contributed by atoms with Crippen LogP contribution in [0.25, 0.3) is 65.4 Å². The number of fused-ring (bicyclic) bond motifs is 9. The summed E-state index contributed by atoms with van der Waals surface area (Å²) in [4.78, 5) is 11.0. The van der Waals surface area contributed by atoms with Gasteiger partial charge in [0.1, 0.15) is 0 Å². The van der Waals surface area contributed by atoms with Gasteiger partial charge < -0.3 is 15.0 Å². The number of aromatic amines is 3. The fourth-order valence-corrected chi connectivity index (χ4v) is 6.13. The molecule has 0 saturated carbocycles. The molecule has 0 fully saturated rings. The molecular weight excluding hydrogens is 463 g/mol. The van der Waals surface area contributed by atoms with Crippen LogP contribution in [0.15, 0.2) is 72.8 Å². The summed E-state index contributed by atoms with van der Waals surface area (Å²) in [5.74, 6) is 0. The second kappa shape index (κ2) is 6.78. The topological polar surface area (TPSA) is 47.4 Å². The van der Waals surface area contributed by atoms with E-state index in [4.69, 9.17) is 36.7 Å². The maximum absolute atomic E-state index is 6.07. The van der Waals surface area contributed by atoms with Crippen molar-refractivity contribution in [3.05, 3.63) is 86.3 Å². The minimum absolute atomic E-state index is 0.787. The first-order valence-electron chi connectivity index (χ1n) is 10.6. The number of H-pyrrole nitrogens is 3. The highest BCUT2D eigenvalue weighted by atomic mass is 32.1. The minimum atomic E-state index is 0.787. The molecule has 3 nitrogen and oxygen atoms in total. The Morgan fingerprint density at radius 3 is 0.970 bits per heavy atom. The first-order chi connectivity index (χ1) is 16.1. The molecule has 0 unspecified atom stereocenters. The fraction of sp³-hybridized carbons (Fsp3) is 0. The van der Waals surface area contributed by atoms with Crippen molar-refractivity contribution in [2.45, 2.75) is 0 Å². The fourth-order valence-electron chi connectivity index (χ4n) is 4.98. The van der Waals surface area contributed by atoms with Gasteiger partial charge in [-0.3, -0.25) is 0 Å². The smallest absolute Gasteiger partial charge is 0.0604 e. The normalized spacial score (nSPS) is 12.0. The molecule has 0 saturated heterocycles. The third-order valence-electron chi connectivity index (χ3n) is 6.48. The van der Waals surface area contributed by atoms with Gasteiger partial charge in [-0.25, -0.2) is 0 Å². The maximum Gasteiger partial charge on any atom is 0.0604 e. The van der Waals surface area contributed by atoms with E-state index >= 15 is 0 Å². The molecule has 3 heterocycles. The van der Waals surface area contributed by atoms with E-state index in [1.54, 1.807) is 0 Å². The van der Waals surface area contributed by atoms with Gasteiger partial charge in [0.25, 0.3) is 0 Å². The zero-order valence-corrected chi connectivity index (χ0v) is 19.6. The molecule has 0 aliphatic rings. The number of hydrogen-bond acceptors (Lipinski definition) is 3. The van der Waals surface area contributed by atoms with Crippen molar-refractivity contribution < 1.29 is 0 Å². The van der Waals surface area contributed by atoms with Crippen molar-refractivity contribution >= 4 is 102 Å². The standard InChI is InChI=1S/C27H15N3S3/c31-25-13-7-1-4-10-16(13)28-22-19(25)23-21(27(33)14-8-2-5-11-17(14)29-23)24-20(22)26(32)15-9-3-6-12-18(15)30-24/h1-12H,(H,28,31)(H,29,33)(H,30,32). The van der Waals surface area contributed by atoms with Crippen LogP contribution in [0, 0.1) is 13.5 Å². The lowest BCUT2D eigenvalue weighted by atomic mass is 9.99. The zero-order chi connectivity index (χ0) is 22.3. The average Bonchev–Trinajstić information content (AvgIpc) is 2.84. The molecule has 0 bridgehead atoms. The Balaban J connectivity index is 1.95. The second-order valence-corrected chi connectivity index (χ2v) is 9.47. The van der Waals surface area contributed by atoms with Crippen molar-refractivity contribution in [3.63, 3.8) is 0 Å². The van der Waals surface area contributed by atoms with Gasteiger partial charge in [0.15, 0.2) is 0 Å². The third kappa shape index (κ3) is 2.51. The molecule has 0 radical (unpaired) electrons. The van der Waals surface area contributed by atoms with Crippen molar-refractivity contribution in [3.8, 4) is 0 Å². The van der Waals surface area contributed by atoms with Crippen LogP contribution in [0.1, 0.15) is 0 Å². The summed E-state index contributed by atoms with van der Waals surface area (Å²) in [7, 11) is 0. The third-order valence-corrected chi connectivity index (χ3v) is 7.75. The largest absolute Gasteiger partial charge is 0.354 e. The molecule has 3 N–H and O–H groups in total. The summed E-state index contributed by atoms with van der Waals surface area (Å²) in [6, 6.07) is 24.4. The highest BCUT2D eigenvalue weighted by Crippen LogP contribution is 2.39. The van der Waals surface area contributed by atoms with Crippen LogP contribution in [0.5, 0.6) is 0 Å². The Kier molecular flexibility index (Phi) is 3.91. The maximum atomic E-state index is 6.07. The first-order valence-corrected chi connectivity index (χ1v) is 11.8. The summed E-state index contributed by atoms with van der Waals surface area (Å²) in [5.41, 5.74) is 5.73. The van der Waals surface area contributed by atoms with Crippen molar-refractivity contribution in [2.24, 2.45) is 0 Å². The van der Waals surface area contributed by atoms with Crippen LogP contribution < -0.4 is 0 Å². The van der Waals surface area contributed by atoms with E-state index in [0.29, 0.717) is 0 Å². The van der Waals surface area contributed by atoms with E-state index in [2.05, 4.69) is 51.4 Å². The van der Waals surface area contributed by atoms with Gasteiger partial charge in [-0.2, -0.15) is 0 Å². The van der Waals surface area contributed by atoms with Gasteiger partial charge in [0, 0.05) is 48.9 Å². The molecule has 7 aromatic rings. The molecule has 156 valence electrons. The Morgan fingerprint density at radius 1 is 0.394 bits per heavy atom. The van der Waals surface area contributed by atoms with Crippen molar-refractivity contribution in [1.29, 1.82) is 0 Å². The van der Waals surface area contributed by atoms with Gasteiger partial charge in [-0.15, -0.1) is 0 Å². The number of aromatic nitrogens is 3. The Labute approximate surface area is 202 Å². The molecule has 0 aliphatic heterocycles. The molecule has 3 aromatic heterocycles. The summed E-state index contributed by atoms with van der Waals surface area (Å²) in [5, 5.41) is 5.84. The molecule has 0 atom stereocenters. The molecule has 4 aromatic carbocycles. The monoisotopic (exact) mass is 477 g/mol. The van der Waals surface area contributed by atoms with E-state index in [1.165, 1.54) is 0 Å². The Bertz CT molecular complexity index is 1870. The molecule has 0 aliphatic carbocycles. The summed E-state index contributed by atoms with van der Waals surface area (Å²) in [6.07, 6.45) is 0. The van der Waals surface area contributed by atoms with Crippen LogP contribution >= 0.6 is 36.7 Å². The lowest BCUT2D eigenvalue weighted by Gasteiger charge is -2.15. The van der Waals surface area contributed by atoms with Gasteiger partial charge in [0.05, 0.1) is 30.1 Å². The Hall–Kier alpha value is -3.45. The lowest BCUT2D eigenvalue weighted by molar-refractivity contribution is 1.46. The second-order valence-electron chi connectivity index (χ2n) is 8.25. The minimum Gasteiger partial charge on any atom is -0.354 e. The van der Waals surface area contributed by atoms with E-state index in [-0.39, 0.29) is 0 Å². The van der Waals surface area contributed by atoms with Crippen LogP contribution in [-0.4, -0.2) is 15.0 Å². The van der Waals surface area contributed by atoms with Gasteiger partial charge in [-0.05, 0) is 18.2 Å². The summed E-state index contributed by atoms with van der Waals surface area (Å²) >= 11 is 18.2. The summed E-state index contributed by atoms with van der Waals surface area (Å²) in [6.45, 7) is 0. The highest BCUT2D eigenvalue weighted by molar-refractivity contribution is 7.72. The molecule has 33 heavy (non-hydrogen) atoms. The lowest BCUT2D eigenvalue weighted by Crippen LogP contribution is -1.95. The van der Waals surface area contributed by atoms with Crippen LogP contribution in [0.4, 0.5) is 0 Å². The quantitative estimate of drug-likeness (QED) is 0.116. The molecule has 0 spiro atoms. The Morgan fingerprint density at radius 2 is 0.667 bits per heavy atom.